The topological polar surface area (TPSA) is 45.3 Å². The van der Waals surface area contributed by atoms with Gasteiger partial charge in [0.25, 0.3) is 5.56 Å². The minimum atomic E-state index is -0.904. The van der Waals surface area contributed by atoms with Gasteiger partial charge in [0.2, 0.25) is 0 Å². The largest absolute Gasteiger partial charge is 0.367 e. The van der Waals surface area contributed by atoms with Crippen LogP contribution in [0.2, 0.25) is 0 Å². The third-order valence-electron chi connectivity index (χ3n) is 5.72. The number of aryl methyl sites for hydroxylation is 2. The highest BCUT2D eigenvalue weighted by atomic mass is 19.1. The van der Waals surface area contributed by atoms with Crippen LogP contribution >= 0.6 is 0 Å². The average molecular weight is 455 g/mol. The van der Waals surface area contributed by atoms with Gasteiger partial charge in [0.15, 0.2) is 0 Å². The number of nitrogens with zero attached hydrogens (tertiary/aromatic N) is 1. The van der Waals surface area contributed by atoms with Crippen molar-refractivity contribution in [1.29, 1.82) is 0 Å². The average Bonchev–Trinajstić information content (AvgIpc) is 2.75. The zero-order chi connectivity index (χ0) is 24.9. The number of aromatic nitrogens is 1. The molecule has 1 aliphatic rings. The molecule has 0 saturated heterocycles. The molecule has 1 atom stereocenters. The van der Waals surface area contributed by atoms with Gasteiger partial charge >= 0.3 is 0 Å². The summed E-state index contributed by atoms with van der Waals surface area (Å²) in [5.41, 5.74) is 5.52. The lowest BCUT2D eigenvalue weighted by Gasteiger charge is -2.35. The number of nitrogens with one attached hydrogen (secondary N) is 1. The lowest BCUT2D eigenvalue weighted by molar-refractivity contribution is 0.0926. The number of halogens is 2. The van der Waals surface area contributed by atoms with Gasteiger partial charge in [-0.25, -0.2) is 8.78 Å². The van der Waals surface area contributed by atoms with Gasteiger partial charge in [-0.2, -0.15) is 0 Å². The lowest BCUT2D eigenvalue weighted by atomic mass is 9.90. The standard InChI is InChI=1S/C27H32F2N2O2/c1-9-22-13-21(14-23-16(4)12-17(5)30-27(23)32)18(6)26(31(22)11-3)20(8)33-15-24(19(7)28)25(29)10-2/h9-13,20H,2-3,7,14-15H2,1,4-6,8H3,(H,30,32)/b22-9-,25-24+. The van der Waals surface area contributed by atoms with E-state index in [-0.39, 0.29) is 17.7 Å². The van der Waals surface area contributed by atoms with Crippen molar-refractivity contribution < 1.29 is 13.5 Å². The smallest absolute Gasteiger partial charge is 0.251 e. The van der Waals surface area contributed by atoms with Crippen LogP contribution in [0.1, 0.15) is 37.6 Å². The summed E-state index contributed by atoms with van der Waals surface area (Å²) in [4.78, 5) is 17.4. The van der Waals surface area contributed by atoms with E-state index in [0.29, 0.717) is 12.0 Å². The van der Waals surface area contributed by atoms with E-state index in [4.69, 9.17) is 4.74 Å². The maximum absolute atomic E-state index is 14.0. The maximum Gasteiger partial charge on any atom is 0.251 e. The van der Waals surface area contributed by atoms with Gasteiger partial charge in [-0.1, -0.05) is 25.8 Å². The number of pyridine rings is 1. The van der Waals surface area contributed by atoms with E-state index in [1.54, 1.807) is 13.1 Å². The predicted molar refractivity (Wildman–Crippen MR) is 131 cm³/mol. The van der Waals surface area contributed by atoms with Gasteiger partial charge in [0.1, 0.15) is 11.7 Å². The molecule has 0 amide bonds. The normalized spacial score (nSPS) is 17.0. The molecule has 2 rings (SSSR count). The second kappa shape index (κ2) is 11.1. The summed E-state index contributed by atoms with van der Waals surface area (Å²) < 4.78 is 33.6. The summed E-state index contributed by atoms with van der Waals surface area (Å²) in [5.74, 6) is -1.72. The second-order valence-corrected chi connectivity index (χ2v) is 7.95. The van der Waals surface area contributed by atoms with E-state index in [0.717, 1.165) is 39.9 Å². The lowest BCUT2D eigenvalue weighted by Crippen LogP contribution is -2.30. The Kier molecular flexibility index (Phi) is 8.71. The minimum absolute atomic E-state index is 0.114. The molecule has 0 radical (unpaired) electrons. The predicted octanol–water partition coefficient (Wildman–Crippen LogP) is 6.40. The van der Waals surface area contributed by atoms with Crippen LogP contribution in [0.5, 0.6) is 0 Å². The van der Waals surface area contributed by atoms with Crippen LogP contribution in [0.25, 0.3) is 0 Å². The Balaban J connectivity index is 2.49. The number of ether oxygens (including phenoxy) is 1. The van der Waals surface area contributed by atoms with Crippen molar-refractivity contribution in [2.45, 2.75) is 47.1 Å². The third-order valence-corrected chi connectivity index (χ3v) is 5.72. The van der Waals surface area contributed by atoms with Crippen molar-refractivity contribution in [1.82, 2.24) is 9.88 Å². The molecule has 176 valence electrons. The van der Waals surface area contributed by atoms with Crippen molar-refractivity contribution in [2.75, 3.05) is 6.61 Å². The van der Waals surface area contributed by atoms with Gasteiger partial charge in [-0.3, -0.25) is 4.79 Å². The van der Waals surface area contributed by atoms with Crippen molar-refractivity contribution >= 4 is 0 Å². The zero-order valence-corrected chi connectivity index (χ0v) is 20.0. The van der Waals surface area contributed by atoms with Gasteiger partial charge in [0.05, 0.1) is 18.4 Å². The van der Waals surface area contributed by atoms with E-state index < -0.39 is 17.8 Å². The fourth-order valence-electron chi connectivity index (χ4n) is 3.93. The van der Waals surface area contributed by atoms with Crippen molar-refractivity contribution in [2.24, 2.45) is 0 Å². The molecule has 0 bridgehead atoms. The molecule has 6 heteroatoms. The SMILES string of the molecule is C=C/C(F)=C(/COC(C)C1=C(C)C(Cc2c(C)cc(C)[nH]c2=O)=C/C(=C/C)N1C=C)C(=C)F. The molecule has 2 heterocycles. The molecule has 1 N–H and O–H groups in total. The highest BCUT2D eigenvalue weighted by Crippen LogP contribution is 2.34. The first-order valence-corrected chi connectivity index (χ1v) is 10.7. The highest BCUT2D eigenvalue weighted by Gasteiger charge is 2.27. The van der Waals surface area contributed by atoms with E-state index >= 15 is 0 Å². The maximum atomic E-state index is 14.0. The van der Waals surface area contributed by atoms with Crippen LogP contribution in [0, 0.1) is 13.8 Å². The summed E-state index contributed by atoms with van der Waals surface area (Å²) in [5, 5.41) is 0. The Bertz CT molecular complexity index is 1150. The molecule has 1 unspecified atom stereocenters. The van der Waals surface area contributed by atoms with Crippen LogP contribution in [0.15, 0.2) is 94.8 Å². The Labute approximate surface area is 194 Å². The Morgan fingerprint density at radius 2 is 1.94 bits per heavy atom. The fourth-order valence-corrected chi connectivity index (χ4v) is 3.93. The van der Waals surface area contributed by atoms with Crippen LogP contribution in [0.4, 0.5) is 8.78 Å². The number of H-pyrrole nitrogens is 1. The molecule has 33 heavy (non-hydrogen) atoms. The summed E-state index contributed by atoms with van der Waals surface area (Å²) in [7, 11) is 0. The number of hydrogen-bond donors (Lipinski definition) is 1. The van der Waals surface area contributed by atoms with E-state index in [1.807, 2.05) is 50.8 Å². The first-order chi connectivity index (χ1) is 15.5. The van der Waals surface area contributed by atoms with Crippen molar-refractivity contribution in [3.63, 3.8) is 0 Å². The molecule has 4 nitrogen and oxygen atoms in total. The summed E-state index contributed by atoms with van der Waals surface area (Å²) in [6, 6.07) is 1.95. The molecule has 0 saturated carbocycles. The Morgan fingerprint density at radius 1 is 1.27 bits per heavy atom. The first-order valence-electron chi connectivity index (χ1n) is 10.7. The Morgan fingerprint density at radius 3 is 2.45 bits per heavy atom. The van der Waals surface area contributed by atoms with Crippen LogP contribution < -0.4 is 5.56 Å². The monoisotopic (exact) mass is 454 g/mol. The Hall–Kier alpha value is -3.25. The van der Waals surface area contributed by atoms with Gasteiger partial charge in [-0.05, 0) is 69.5 Å². The van der Waals surface area contributed by atoms with E-state index in [1.165, 1.54) is 0 Å². The van der Waals surface area contributed by atoms with Crippen LogP contribution in [-0.2, 0) is 11.2 Å². The van der Waals surface area contributed by atoms with Crippen molar-refractivity contribution in [3.05, 3.63) is 117 Å². The van der Waals surface area contributed by atoms with Crippen LogP contribution in [-0.4, -0.2) is 22.6 Å². The number of rotatable bonds is 9. The summed E-state index contributed by atoms with van der Waals surface area (Å²) >= 11 is 0. The fraction of sp³-hybridized carbons (Fsp3) is 0.296. The molecule has 0 fully saturated rings. The molecule has 0 aromatic carbocycles. The molecule has 0 spiro atoms. The summed E-state index contributed by atoms with van der Waals surface area (Å²) in [6.45, 7) is 19.6. The van der Waals surface area contributed by atoms with E-state index in [2.05, 4.69) is 24.7 Å². The second-order valence-electron chi connectivity index (χ2n) is 7.95. The van der Waals surface area contributed by atoms with Crippen LogP contribution in [0.3, 0.4) is 0 Å². The highest BCUT2D eigenvalue weighted by molar-refractivity contribution is 5.49. The number of aromatic amines is 1. The molecular formula is C27H32F2N2O2. The number of hydrogen-bond acceptors (Lipinski definition) is 3. The quantitative estimate of drug-likeness (QED) is 0.440. The zero-order valence-electron chi connectivity index (χ0n) is 20.0. The van der Waals surface area contributed by atoms with E-state index in [9.17, 15) is 13.6 Å². The summed E-state index contributed by atoms with van der Waals surface area (Å²) in [6.07, 6.45) is 6.43. The number of allylic oxidation sites excluding steroid dienone is 6. The third kappa shape index (κ3) is 5.76. The molecular weight excluding hydrogens is 422 g/mol. The molecule has 1 aromatic rings. The molecule has 1 aliphatic heterocycles. The van der Waals surface area contributed by atoms with Gasteiger partial charge < -0.3 is 14.6 Å². The molecule has 0 aliphatic carbocycles. The first kappa shape index (κ1) is 26.0. The molecule has 1 aromatic heterocycles. The van der Waals surface area contributed by atoms with Gasteiger partial charge in [-0.15, -0.1) is 0 Å². The van der Waals surface area contributed by atoms with Crippen molar-refractivity contribution in [3.8, 4) is 0 Å². The minimum Gasteiger partial charge on any atom is -0.367 e. The van der Waals surface area contributed by atoms with Gasteiger partial charge in [0, 0.05) is 35.1 Å².